The Labute approximate surface area is 150 Å². The molecule has 134 valence electrons. The minimum absolute atomic E-state index is 0.0617. The molecule has 2 aliphatic heterocycles. The number of benzene rings is 1. The Morgan fingerprint density at radius 1 is 1.27 bits per heavy atom. The van der Waals surface area contributed by atoms with E-state index in [0.717, 1.165) is 11.8 Å². The molecule has 0 bridgehead atoms. The number of nitrogens with one attached hydrogen (secondary N) is 1. The van der Waals surface area contributed by atoms with Gasteiger partial charge in [-0.2, -0.15) is 5.10 Å². The maximum Gasteiger partial charge on any atom is 0.275 e. The van der Waals surface area contributed by atoms with E-state index in [9.17, 15) is 14.7 Å². The van der Waals surface area contributed by atoms with E-state index in [0.29, 0.717) is 13.2 Å². The molecule has 2 aromatic rings. The van der Waals surface area contributed by atoms with Crippen molar-refractivity contribution in [1.29, 1.82) is 0 Å². The molecule has 8 heteroatoms. The van der Waals surface area contributed by atoms with Crippen molar-refractivity contribution >= 4 is 5.91 Å². The zero-order valence-corrected chi connectivity index (χ0v) is 14.2. The van der Waals surface area contributed by atoms with Gasteiger partial charge in [-0.25, -0.2) is 4.68 Å². The number of likely N-dealkylation sites (N-methyl/N-ethyl adjacent to an activating group) is 1. The Kier molecular flexibility index (Phi) is 3.87. The molecule has 0 saturated carbocycles. The predicted molar refractivity (Wildman–Crippen MR) is 94.3 cm³/mol. The van der Waals surface area contributed by atoms with Crippen LogP contribution in [0.4, 0.5) is 0 Å². The number of hydrogen-bond donors (Lipinski definition) is 2. The summed E-state index contributed by atoms with van der Waals surface area (Å²) in [5.41, 5.74) is 0.338. The van der Waals surface area contributed by atoms with Crippen LogP contribution in [0.25, 0.3) is 0 Å². The third-order valence-corrected chi connectivity index (χ3v) is 4.83. The van der Waals surface area contributed by atoms with Crippen molar-refractivity contribution in [2.45, 2.75) is 12.1 Å². The third kappa shape index (κ3) is 2.50. The summed E-state index contributed by atoms with van der Waals surface area (Å²) in [4.78, 5) is 28.0. The first-order valence-electron chi connectivity index (χ1n) is 8.35. The van der Waals surface area contributed by atoms with Gasteiger partial charge >= 0.3 is 0 Å². The number of rotatable bonds is 3. The lowest BCUT2D eigenvalue weighted by molar-refractivity contribution is 0.0622. The highest BCUT2D eigenvalue weighted by atomic mass is 16.3. The Hall–Kier alpha value is -3.29. The Bertz CT molecular complexity index is 924. The molecule has 0 radical (unpaired) electrons. The van der Waals surface area contributed by atoms with Gasteiger partial charge in [0, 0.05) is 26.0 Å². The van der Waals surface area contributed by atoms with Crippen LogP contribution in [0.1, 0.15) is 28.1 Å². The summed E-state index contributed by atoms with van der Waals surface area (Å²) in [5.74, 6) is -0.964. The Morgan fingerprint density at radius 2 is 2.04 bits per heavy atom. The molecule has 0 fully saturated rings. The van der Waals surface area contributed by atoms with Gasteiger partial charge < -0.3 is 20.2 Å². The van der Waals surface area contributed by atoms with Crippen molar-refractivity contribution in [1.82, 2.24) is 24.9 Å². The number of carbonyl (C=O) groups is 1. The van der Waals surface area contributed by atoms with Gasteiger partial charge in [0.15, 0.2) is 11.4 Å². The van der Waals surface area contributed by atoms with Gasteiger partial charge in [0.1, 0.15) is 0 Å². The van der Waals surface area contributed by atoms with E-state index in [1.54, 1.807) is 7.05 Å². The van der Waals surface area contributed by atoms with Crippen LogP contribution in [0.15, 0.2) is 53.7 Å². The molecule has 2 atom stereocenters. The second kappa shape index (κ2) is 6.21. The predicted octanol–water partition coefficient (Wildman–Crippen LogP) is 0.651. The van der Waals surface area contributed by atoms with Gasteiger partial charge in [-0.15, -0.1) is 0 Å². The molecule has 1 aromatic carbocycles. The fourth-order valence-electron chi connectivity index (χ4n) is 3.60. The van der Waals surface area contributed by atoms with Crippen LogP contribution in [0.2, 0.25) is 0 Å². The summed E-state index contributed by atoms with van der Waals surface area (Å²) in [6.07, 6.45) is 4.88. The van der Waals surface area contributed by atoms with E-state index in [2.05, 4.69) is 15.3 Å². The lowest BCUT2D eigenvalue weighted by Crippen LogP contribution is -2.47. The van der Waals surface area contributed by atoms with Crippen molar-refractivity contribution in [3.05, 3.63) is 70.4 Å². The SMILES string of the molecule is CN1CC(C(c2ccccc2)N2C=CNC2)n2ncc(=O)c(O)c2C1=O. The average molecular weight is 353 g/mol. The lowest BCUT2D eigenvalue weighted by Gasteiger charge is -2.40. The molecule has 3 heterocycles. The molecular formula is C18H19N5O3. The fraction of sp³-hybridized carbons (Fsp3) is 0.278. The minimum Gasteiger partial charge on any atom is -0.502 e. The summed E-state index contributed by atoms with van der Waals surface area (Å²) in [5, 5.41) is 17.6. The monoisotopic (exact) mass is 353 g/mol. The molecule has 0 spiro atoms. The highest BCUT2D eigenvalue weighted by Gasteiger charge is 2.39. The minimum atomic E-state index is -0.655. The maximum absolute atomic E-state index is 12.5. The van der Waals surface area contributed by atoms with Crippen LogP contribution in [-0.2, 0) is 0 Å². The second-order valence-corrected chi connectivity index (χ2v) is 6.45. The van der Waals surface area contributed by atoms with Crippen LogP contribution in [0.5, 0.6) is 5.75 Å². The number of hydrogen-bond acceptors (Lipinski definition) is 6. The standard InChI is InChI=1S/C18H19N5O3/c1-21-10-13(23-16(18(21)26)17(25)14(24)9-20-23)15(22-8-7-19-11-22)12-5-3-2-4-6-12/h2-9,13,15,19,25H,10-11H2,1H3. The number of aromatic nitrogens is 2. The molecule has 26 heavy (non-hydrogen) atoms. The van der Waals surface area contributed by atoms with Crippen LogP contribution in [0.3, 0.4) is 0 Å². The van der Waals surface area contributed by atoms with Crippen molar-refractivity contribution in [3.63, 3.8) is 0 Å². The van der Waals surface area contributed by atoms with E-state index < -0.39 is 17.1 Å². The second-order valence-electron chi connectivity index (χ2n) is 6.45. The van der Waals surface area contributed by atoms with Gasteiger partial charge in [0.25, 0.3) is 5.91 Å². The maximum atomic E-state index is 12.5. The van der Waals surface area contributed by atoms with Crippen LogP contribution >= 0.6 is 0 Å². The smallest absolute Gasteiger partial charge is 0.275 e. The van der Waals surface area contributed by atoms with Crippen LogP contribution in [0, 0.1) is 0 Å². The van der Waals surface area contributed by atoms with Gasteiger partial charge in [-0.1, -0.05) is 30.3 Å². The van der Waals surface area contributed by atoms with Crippen molar-refractivity contribution < 1.29 is 9.90 Å². The van der Waals surface area contributed by atoms with Crippen LogP contribution < -0.4 is 10.7 Å². The number of carbonyl (C=O) groups excluding carboxylic acids is 1. The first kappa shape index (κ1) is 16.2. The summed E-state index contributed by atoms with van der Waals surface area (Å²) >= 11 is 0. The zero-order chi connectivity index (χ0) is 18.3. The number of amides is 1. The van der Waals surface area contributed by atoms with Crippen molar-refractivity contribution in [2.24, 2.45) is 0 Å². The molecule has 1 aromatic heterocycles. The number of aromatic hydroxyl groups is 1. The highest BCUT2D eigenvalue weighted by molar-refractivity contribution is 5.95. The first-order valence-corrected chi connectivity index (χ1v) is 8.35. The van der Waals surface area contributed by atoms with Crippen molar-refractivity contribution in [2.75, 3.05) is 20.3 Å². The largest absolute Gasteiger partial charge is 0.502 e. The summed E-state index contributed by atoms with van der Waals surface area (Å²) in [6.45, 7) is 1.03. The van der Waals surface area contributed by atoms with Gasteiger partial charge in [-0.05, 0) is 5.56 Å². The lowest BCUT2D eigenvalue weighted by atomic mass is 9.95. The summed E-state index contributed by atoms with van der Waals surface area (Å²) in [6, 6.07) is 9.51. The number of nitrogens with zero attached hydrogens (tertiary/aromatic N) is 4. The zero-order valence-electron chi connectivity index (χ0n) is 14.2. The molecule has 4 rings (SSSR count). The van der Waals surface area contributed by atoms with E-state index in [1.165, 1.54) is 9.58 Å². The molecule has 2 aliphatic rings. The van der Waals surface area contributed by atoms with E-state index >= 15 is 0 Å². The topological polar surface area (TPSA) is 90.7 Å². The Balaban J connectivity index is 1.88. The van der Waals surface area contributed by atoms with Crippen LogP contribution in [-0.4, -0.2) is 50.9 Å². The van der Waals surface area contributed by atoms with Gasteiger partial charge in [0.05, 0.1) is 24.9 Å². The van der Waals surface area contributed by atoms with E-state index in [-0.39, 0.29) is 17.8 Å². The normalized spacial score (nSPS) is 20.0. The van der Waals surface area contributed by atoms with Gasteiger partial charge in [-0.3, -0.25) is 9.59 Å². The summed E-state index contributed by atoms with van der Waals surface area (Å²) < 4.78 is 1.49. The quantitative estimate of drug-likeness (QED) is 0.842. The highest BCUT2D eigenvalue weighted by Crippen LogP contribution is 2.37. The number of fused-ring (bicyclic) bond motifs is 1. The first-order chi connectivity index (χ1) is 12.6. The molecular weight excluding hydrogens is 334 g/mol. The van der Waals surface area contributed by atoms with E-state index in [4.69, 9.17) is 0 Å². The molecule has 2 unspecified atom stereocenters. The summed E-state index contributed by atoms with van der Waals surface area (Å²) in [7, 11) is 1.66. The molecule has 8 nitrogen and oxygen atoms in total. The third-order valence-electron chi connectivity index (χ3n) is 4.83. The Morgan fingerprint density at radius 3 is 2.73 bits per heavy atom. The average Bonchev–Trinajstić information content (AvgIpc) is 3.17. The van der Waals surface area contributed by atoms with E-state index in [1.807, 2.05) is 42.7 Å². The molecule has 0 aliphatic carbocycles. The van der Waals surface area contributed by atoms with Crippen molar-refractivity contribution in [3.8, 4) is 5.75 Å². The molecule has 0 saturated heterocycles. The molecule has 1 amide bonds. The molecule has 2 N–H and O–H groups in total. The fourth-order valence-corrected chi connectivity index (χ4v) is 3.60. The van der Waals surface area contributed by atoms with Gasteiger partial charge in [0.2, 0.25) is 5.43 Å².